The first-order valence-electron chi connectivity index (χ1n) is 10.0. The number of rotatable bonds is 6. The fraction of sp³-hybridized carbons (Fsp3) is 0.292. The highest BCUT2D eigenvalue weighted by Gasteiger charge is 2.31. The third kappa shape index (κ3) is 5.71. The third-order valence-electron chi connectivity index (χ3n) is 4.94. The summed E-state index contributed by atoms with van der Waals surface area (Å²) in [6, 6.07) is 18.1. The van der Waals surface area contributed by atoms with Gasteiger partial charge >= 0.3 is 5.97 Å². The molecule has 1 fully saturated rings. The smallest absolute Gasteiger partial charge is 0.350 e. The van der Waals surface area contributed by atoms with Crippen molar-refractivity contribution < 1.29 is 19.1 Å². The Bertz CT molecular complexity index is 972. The number of carbonyl (C=O) groups excluding carboxylic acids is 2. The van der Waals surface area contributed by atoms with E-state index in [0.29, 0.717) is 37.4 Å². The van der Waals surface area contributed by atoms with Crippen molar-refractivity contribution in [2.45, 2.75) is 6.10 Å². The van der Waals surface area contributed by atoms with Gasteiger partial charge in [0.2, 0.25) is 6.10 Å². The highest BCUT2D eigenvalue weighted by atomic mass is 16.5. The second-order valence-corrected chi connectivity index (χ2v) is 7.29. The third-order valence-corrected chi connectivity index (χ3v) is 4.94. The Labute approximate surface area is 182 Å². The lowest BCUT2D eigenvalue weighted by Crippen LogP contribution is -2.44. The van der Waals surface area contributed by atoms with Crippen LogP contribution in [0.2, 0.25) is 0 Å². The molecule has 1 heterocycles. The number of carbonyl (C=O) groups is 2. The molecule has 2 aromatic rings. The van der Waals surface area contributed by atoms with Crippen molar-refractivity contribution in [2.75, 3.05) is 45.3 Å². The molecule has 31 heavy (non-hydrogen) atoms. The SMILES string of the molecule is CN(C)c1ccc(/C=C(\C#N)C(=O)O[C@H](C(=O)N2CCOCC2)c2ccccc2)cc1. The zero-order valence-corrected chi connectivity index (χ0v) is 17.7. The second-order valence-electron chi connectivity index (χ2n) is 7.29. The summed E-state index contributed by atoms with van der Waals surface area (Å²) in [6.07, 6.45) is 0.336. The predicted octanol–water partition coefficient (Wildman–Crippen LogP) is 2.80. The molecule has 0 N–H and O–H groups in total. The highest BCUT2D eigenvalue weighted by molar-refractivity contribution is 5.99. The Morgan fingerprint density at radius 1 is 1.10 bits per heavy atom. The largest absolute Gasteiger partial charge is 0.443 e. The van der Waals surface area contributed by atoms with E-state index in [1.165, 1.54) is 6.08 Å². The normalized spacial score (nSPS) is 15.0. The number of esters is 1. The summed E-state index contributed by atoms with van der Waals surface area (Å²) < 4.78 is 10.9. The number of nitriles is 1. The van der Waals surface area contributed by atoms with Crippen LogP contribution in [0.3, 0.4) is 0 Å². The van der Waals surface area contributed by atoms with Gasteiger partial charge in [0.15, 0.2) is 0 Å². The van der Waals surface area contributed by atoms with Crippen LogP contribution in [0, 0.1) is 11.3 Å². The van der Waals surface area contributed by atoms with Crippen molar-refractivity contribution in [3.8, 4) is 6.07 Å². The topological polar surface area (TPSA) is 82.9 Å². The molecule has 0 saturated carbocycles. The fourth-order valence-corrected chi connectivity index (χ4v) is 3.18. The van der Waals surface area contributed by atoms with E-state index >= 15 is 0 Å². The van der Waals surface area contributed by atoms with Crippen LogP contribution in [-0.4, -0.2) is 57.2 Å². The van der Waals surface area contributed by atoms with Gasteiger partial charge in [-0.25, -0.2) is 4.79 Å². The Morgan fingerprint density at radius 3 is 2.32 bits per heavy atom. The number of morpholine rings is 1. The van der Waals surface area contributed by atoms with E-state index in [4.69, 9.17) is 9.47 Å². The van der Waals surface area contributed by atoms with Crippen molar-refractivity contribution in [3.63, 3.8) is 0 Å². The molecule has 1 aliphatic rings. The van der Waals surface area contributed by atoms with E-state index in [9.17, 15) is 14.9 Å². The minimum absolute atomic E-state index is 0.173. The number of hydrogen-bond donors (Lipinski definition) is 0. The van der Waals surface area contributed by atoms with Gasteiger partial charge in [0, 0.05) is 38.4 Å². The van der Waals surface area contributed by atoms with Crippen LogP contribution in [0.1, 0.15) is 17.2 Å². The molecule has 160 valence electrons. The molecule has 1 aliphatic heterocycles. The van der Waals surface area contributed by atoms with E-state index in [1.807, 2.05) is 55.4 Å². The van der Waals surface area contributed by atoms with Gasteiger partial charge in [0.1, 0.15) is 11.6 Å². The maximum atomic E-state index is 13.1. The summed E-state index contributed by atoms with van der Waals surface area (Å²) in [5.41, 5.74) is 2.07. The Hall–Kier alpha value is -3.63. The molecule has 7 heteroatoms. The maximum absolute atomic E-state index is 13.1. The number of nitrogens with zero attached hydrogens (tertiary/aromatic N) is 3. The number of amides is 1. The first-order valence-corrected chi connectivity index (χ1v) is 10.0. The van der Waals surface area contributed by atoms with Gasteiger partial charge in [-0.15, -0.1) is 0 Å². The molecule has 0 bridgehead atoms. The zero-order chi connectivity index (χ0) is 22.2. The Balaban J connectivity index is 1.82. The summed E-state index contributed by atoms with van der Waals surface area (Å²) in [5.74, 6) is -1.16. The molecule has 7 nitrogen and oxygen atoms in total. The number of ether oxygens (including phenoxy) is 2. The van der Waals surface area contributed by atoms with Gasteiger partial charge in [-0.1, -0.05) is 42.5 Å². The fourth-order valence-electron chi connectivity index (χ4n) is 3.18. The lowest BCUT2D eigenvalue weighted by molar-refractivity contribution is -0.159. The van der Waals surface area contributed by atoms with Gasteiger partial charge in [-0.3, -0.25) is 4.79 Å². The van der Waals surface area contributed by atoms with Crippen LogP contribution in [0.4, 0.5) is 5.69 Å². The quantitative estimate of drug-likeness (QED) is 0.407. The van der Waals surface area contributed by atoms with E-state index in [1.54, 1.807) is 29.2 Å². The monoisotopic (exact) mass is 419 g/mol. The average molecular weight is 419 g/mol. The van der Waals surface area contributed by atoms with Gasteiger partial charge in [0.05, 0.1) is 13.2 Å². The van der Waals surface area contributed by atoms with Crippen molar-refractivity contribution in [2.24, 2.45) is 0 Å². The molecular formula is C24H25N3O4. The number of hydrogen-bond acceptors (Lipinski definition) is 6. The molecule has 0 spiro atoms. The molecule has 0 radical (unpaired) electrons. The summed E-state index contributed by atoms with van der Waals surface area (Å²) in [7, 11) is 3.86. The van der Waals surface area contributed by atoms with Crippen LogP contribution in [0.5, 0.6) is 0 Å². The molecule has 2 aromatic carbocycles. The molecule has 1 saturated heterocycles. The van der Waals surface area contributed by atoms with Gasteiger partial charge in [-0.2, -0.15) is 5.26 Å². The molecule has 0 aliphatic carbocycles. The van der Waals surface area contributed by atoms with E-state index in [0.717, 1.165) is 5.69 Å². The molecule has 0 unspecified atom stereocenters. The highest BCUT2D eigenvalue weighted by Crippen LogP contribution is 2.23. The summed E-state index contributed by atoms with van der Waals surface area (Å²) in [4.78, 5) is 29.5. The van der Waals surface area contributed by atoms with Gasteiger partial charge < -0.3 is 19.3 Å². The molecule has 0 aromatic heterocycles. The summed E-state index contributed by atoms with van der Waals surface area (Å²) in [5, 5.41) is 9.53. The van der Waals surface area contributed by atoms with Crippen LogP contribution in [0.25, 0.3) is 6.08 Å². The van der Waals surface area contributed by atoms with E-state index in [-0.39, 0.29) is 11.5 Å². The van der Waals surface area contributed by atoms with Crippen molar-refractivity contribution >= 4 is 23.6 Å². The van der Waals surface area contributed by atoms with Crippen LogP contribution >= 0.6 is 0 Å². The molecule has 1 amide bonds. The minimum Gasteiger partial charge on any atom is -0.443 e. The number of benzene rings is 2. The Kier molecular flexibility index (Phi) is 7.41. The molecular weight excluding hydrogens is 394 g/mol. The van der Waals surface area contributed by atoms with Crippen LogP contribution in [-0.2, 0) is 19.1 Å². The lowest BCUT2D eigenvalue weighted by atomic mass is 10.1. The minimum atomic E-state index is -1.13. The lowest BCUT2D eigenvalue weighted by Gasteiger charge is -2.30. The van der Waals surface area contributed by atoms with Gasteiger partial charge in [0.25, 0.3) is 5.91 Å². The predicted molar refractivity (Wildman–Crippen MR) is 117 cm³/mol. The first-order chi connectivity index (χ1) is 15.0. The van der Waals surface area contributed by atoms with Crippen molar-refractivity contribution in [1.29, 1.82) is 5.26 Å². The number of anilines is 1. The maximum Gasteiger partial charge on any atom is 0.350 e. The van der Waals surface area contributed by atoms with Gasteiger partial charge in [-0.05, 0) is 23.8 Å². The Morgan fingerprint density at radius 2 is 1.74 bits per heavy atom. The summed E-state index contributed by atoms with van der Waals surface area (Å²) >= 11 is 0. The van der Waals surface area contributed by atoms with E-state index < -0.39 is 12.1 Å². The second kappa shape index (κ2) is 10.4. The van der Waals surface area contributed by atoms with Crippen molar-refractivity contribution in [3.05, 3.63) is 71.3 Å². The van der Waals surface area contributed by atoms with Crippen LogP contribution < -0.4 is 4.90 Å². The van der Waals surface area contributed by atoms with Crippen molar-refractivity contribution in [1.82, 2.24) is 4.90 Å². The standard InChI is InChI=1S/C24H25N3O4/c1-26(2)21-10-8-18(9-11-21)16-20(17-25)24(29)31-22(19-6-4-3-5-7-19)23(28)27-12-14-30-15-13-27/h3-11,16,22H,12-15H2,1-2H3/b20-16+/t22-/m0/s1. The van der Waals surface area contributed by atoms with E-state index in [2.05, 4.69) is 0 Å². The van der Waals surface area contributed by atoms with Crippen LogP contribution in [0.15, 0.2) is 60.2 Å². The first kappa shape index (κ1) is 22.1. The average Bonchev–Trinajstić information content (AvgIpc) is 2.81. The summed E-state index contributed by atoms with van der Waals surface area (Å²) in [6.45, 7) is 1.73. The zero-order valence-electron chi connectivity index (χ0n) is 17.7. The molecule has 1 atom stereocenters. The molecule has 3 rings (SSSR count).